The van der Waals surface area contributed by atoms with E-state index in [-0.39, 0.29) is 35.4 Å². The van der Waals surface area contributed by atoms with Crippen molar-refractivity contribution < 1.29 is 9.59 Å². The van der Waals surface area contributed by atoms with E-state index in [1.165, 1.54) is 11.1 Å². The largest absolute Gasteiger partial charge is 0.343 e. The number of carbonyl (C=O) groups excluding carboxylic acids is 2. The Bertz CT molecular complexity index is 1540. The average Bonchev–Trinajstić information content (AvgIpc) is 3.51. The van der Waals surface area contributed by atoms with E-state index in [2.05, 4.69) is 81.3 Å². The fourth-order valence-corrected chi connectivity index (χ4v) is 7.20. The Morgan fingerprint density at radius 3 is 1.68 bits per heavy atom. The minimum atomic E-state index is -0.969. The summed E-state index contributed by atoms with van der Waals surface area (Å²) in [6, 6.07) is 36.1. The summed E-state index contributed by atoms with van der Waals surface area (Å²) in [5.74, 6) is 0.383. The lowest BCUT2D eigenvalue weighted by Crippen LogP contribution is -2.43. The van der Waals surface area contributed by atoms with Gasteiger partial charge in [-0.05, 0) is 34.1 Å². The first kappa shape index (κ1) is 27.0. The van der Waals surface area contributed by atoms with Crippen molar-refractivity contribution in [1.82, 2.24) is 0 Å². The second-order valence-corrected chi connectivity index (χ2v) is 12.0. The first-order chi connectivity index (χ1) is 19.9. The molecule has 0 spiro atoms. The molecule has 1 aliphatic carbocycles. The normalized spacial score (nSPS) is 19.5. The zero-order chi connectivity index (χ0) is 28.7. The molecular formula is C38H37NO2. The van der Waals surface area contributed by atoms with E-state index >= 15 is 0 Å². The van der Waals surface area contributed by atoms with Gasteiger partial charge in [0.2, 0.25) is 0 Å². The molecule has 3 nitrogen and oxygen atoms in total. The first-order valence-corrected chi connectivity index (χ1v) is 14.7. The van der Waals surface area contributed by atoms with Crippen LogP contribution in [0.25, 0.3) is 0 Å². The lowest BCUT2D eigenvalue weighted by atomic mass is 9.64. The molecule has 0 amide bonds. The third-order valence-corrected chi connectivity index (χ3v) is 9.01. The predicted octanol–water partition coefficient (Wildman–Crippen LogP) is 8.46. The fourth-order valence-electron chi connectivity index (χ4n) is 7.20. The molecule has 2 unspecified atom stereocenters. The van der Waals surface area contributed by atoms with Crippen LogP contribution in [0.4, 0.5) is 5.69 Å². The summed E-state index contributed by atoms with van der Waals surface area (Å²) in [7, 11) is 0. The number of anilines is 1. The van der Waals surface area contributed by atoms with E-state index in [9.17, 15) is 9.59 Å². The molecule has 4 aromatic carbocycles. The highest BCUT2D eigenvalue weighted by atomic mass is 16.1. The van der Waals surface area contributed by atoms with Crippen molar-refractivity contribution in [2.75, 3.05) is 4.90 Å². The third-order valence-electron chi connectivity index (χ3n) is 9.01. The lowest BCUT2D eigenvalue weighted by molar-refractivity contribution is -0.121. The SMILES string of the molecule is CC(C)c1cccc(C(C)C)c1N1C=C(C(=O)c2ccccc2)C2C1CC(=O)C2(c1ccccc1)c1ccccc1. The average molecular weight is 540 g/mol. The smallest absolute Gasteiger partial charge is 0.190 e. The Morgan fingerprint density at radius 2 is 1.20 bits per heavy atom. The molecule has 4 aromatic rings. The highest BCUT2D eigenvalue weighted by molar-refractivity contribution is 6.13. The molecule has 1 aliphatic heterocycles. The van der Waals surface area contributed by atoms with Gasteiger partial charge in [0.25, 0.3) is 0 Å². The molecule has 0 N–H and O–H groups in total. The van der Waals surface area contributed by atoms with Crippen molar-refractivity contribution in [3.63, 3.8) is 0 Å². The zero-order valence-corrected chi connectivity index (χ0v) is 24.2. The van der Waals surface area contributed by atoms with Gasteiger partial charge in [0.1, 0.15) is 0 Å². The molecule has 6 rings (SSSR count). The van der Waals surface area contributed by atoms with E-state index in [1.807, 2.05) is 66.7 Å². The zero-order valence-electron chi connectivity index (χ0n) is 24.2. The van der Waals surface area contributed by atoms with Gasteiger partial charge in [-0.15, -0.1) is 0 Å². The van der Waals surface area contributed by atoms with E-state index < -0.39 is 5.41 Å². The van der Waals surface area contributed by atoms with Crippen LogP contribution in [0.5, 0.6) is 0 Å². The van der Waals surface area contributed by atoms with Gasteiger partial charge in [-0.1, -0.05) is 137 Å². The van der Waals surface area contributed by atoms with E-state index in [4.69, 9.17) is 0 Å². The Labute approximate surface area is 243 Å². The number of Topliss-reactive ketones (excluding diaryl/α,β-unsaturated/α-hetero) is 2. The number of para-hydroxylation sites is 1. The molecule has 1 heterocycles. The van der Waals surface area contributed by atoms with E-state index in [0.29, 0.717) is 17.6 Å². The molecule has 1 fully saturated rings. The number of carbonyl (C=O) groups is 2. The lowest BCUT2D eigenvalue weighted by Gasteiger charge is -2.37. The molecule has 2 atom stereocenters. The minimum absolute atomic E-state index is 0.0119. The van der Waals surface area contributed by atoms with Crippen molar-refractivity contribution in [3.8, 4) is 0 Å². The molecule has 2 aliphatic rings. The molecule has 3 heteroatoms. The Kier molecular flexibility index (Phi) is 6.99. The molecule has 0 bridgehead atoms. The second-order valence-electron chi connectivity index (χ2n) is 12.0. The minimum Gasteiger partial charge on any atom is -0.343 e. The van der Waals surface area contributed by atoms with Crippen molar-refractivity contribution in [3.05, 3.63) is 149 Å². The van der Waals surface area contributed by atoms with Gasteiger partial charge < -0.3 is 4.90 Å². The topological polar surface area (TPSA) is 37.4 Å². The van der Waals surface area contributed by atoms with Crippen LogP contribution < -0.4 is 4.90 Å². The maximum Gasteiger partial charge on any atom is 0.190 e. The Balaban J connectivity index is 1.65. The van der Waals surface area contributed by atoms with Crippen molar-refractivity contribution >= 4 is 17.3 Å². The molecule has 0 aromatic heterocycles. The quantitative estimate of drug-likeness (QED) is 0.221. The number of rotatable bonds is 7. The van der Waals surface area contributed by atoms with Crippen LogP contribution >= 0.6 is 0 Å². The van der Waals surface area contributed by atoms with Crippen LogP contribution in [-0.4, -0.2) is 17.6 Å². The fraction of sp³-hybridized carbons (Fsp3) is 0.263. The van der Waals surface area contributed by atoms with Crippen LogP contribution in [0.1, 0.15) is 78.6 Å². The predicted molar refractivity (Wildman–Crippen MR) is 167 cm³/mol. The number of ketones is 2. The molecule has 0 radical (unpaired) electrons. The van der Waals surface area contributed by atoms with Gasteiger partial charge in [0.05, 0.1) is 5.41 Å². The summed E-state index contributed by atoms with van der Waals surface area (Å²) in [6.45, 7) is 8.87. The third kappa shape index (κ3) is 4.26. The van der Waals surface area contributed by atoms with Gasteiger partial charge in [-0.2, -0.15) is 0 Å². The first-order valence-electron chi connectivity index (χ1n) is 14.7. The van der Waals surface area contributed by atoms with Gasteiger partial charge >= 0.3 is 0 Å². The highest BCUT2D eigenvalue weighted by Gasteiger charge is 2.62. The second kappa shape index (κ2) is 10.6. The standard InChI is InChI=1S/C38H37NO2/c1-25(2)30-21-14-22-31(26(3)4)36(30)39-24-32(37(41)27-15-8-5-9-16-27)35-33(39)23-34(40)38(35,28-17-10-6-11-18-28)29-19-12-7-13-20-29/h5-22,24-26,33,35H,23H2,1-4H3. The summed E-state index contributed by atoms with van der Waals surface area (Å²) in [5.41, 5.74) is 5.89. The monoisotopic (exact) mass is 539 g/mol. The Morgan fingerprint density at radius 1 is 0.707 bits per heavy atom. The number of fused-ring (bicyclic) bond motifs is 1. The number of hydrogen-bond donors (Lipinski definition) is 0. The molecule has 206 valence electrons. The number of hydrogen-bond acceptors (Lipinski definition) is 3. The van der Waals surface area contributed by atoms with Crippen LogP contribution in [0, 0.1) is 5.92 Å². The van der Waals surface area contributed by atoms with Crippen molar-refractivity contribution in [2.45, 2.75) is 57.4 Å². The number of nitrogens with zero attached hydrogens (tertiary/aromatic N) is 1. The van der Waals surface area contributed by atoms with E-state index in [1.54, 1.807) is 0 Å². The highest BCUT2D eigenvalue weighted by Crippen LogP contribution is 2.57. The van der Waals surface area contributed by atoms with Gasteiger partial charge in [0.15, 0.2) is 11.6 Å². The Hall–Kier alpha value is -4.24. The molecular weight excluding hydrogens is 502 g/mol. The van der Waals surface area contributed by atoms with Crippen LogP contribution in [0.3, 0.4) is 0 Å². The van der Waals surface area contributed by atoms with Crippen LogP contribution in [-0.2, 0) is 10.2 Å². The van der Waals surface area contributed by atoms with Gasteiger partial charge in [-0.25, -0.2) is 0 Å². The van der Waals surface area contributed by atoms with Crippen LogP contribution in [0.2, 0.25) is 0 Å². The summed E-state index contributed by atoms with van der Waals surface area (Å²) in [6.07, 6.45) is 2.45. The molecule has 41 heavy (non-hydrogen) atoms. The maximum absolute atomic E-state index is 14.7. The number of benzene rings is 4. The maximum atomic E-state index is 14.7. The van der Waals surface area contributed by atoms with Crippen molar-refractivity contribution in [2.24, 2.45) is 5.92 Å². The summed E-state index contributed by atoms with van der Waals surface area (Å²) in [4.78, 5) is 31.4. The van der Waals surface area contributed by atoms with Crippen LogP contribution in [0.15, 0.2) is 121 Å². The summed E-state index contributed by atoms with van der Waals surface area (Å²) >= 11 is 0. The van der Waals surface area contributed by atoms with Gasteiger partial charge in [-0.3, -0.25) is 9.59 Å². The molecule has 1 saturated carbocycles. The van der Waals surface area contributed by atoms with E-state index in [0.717, 1.165) is 16.8 Å². The summed E-state index contributed by atoms with van der Waals surface area (Å²) in [5, 5.41) is 0. The van der Waals surface area contributed by atoms with Crippen molar-refractivity contribution in [1.29, 1.82) is 0 Å². The summed E-state index contributed by atoms with van der Waals surface area (Å²) < 4.78 is 0. The van der Waals surface area contributed by atoms with Gasteiger partial charge in [0, 0.05) is 41.4 Å². The molecule has 0 saturated heterocycles.